The summed E-state index contributed by atoms with van der Waals surface area (Å²) in [6.07, 6.45) is 3.71. The first-order valence-corrected chi connectivity index (χ1v) is 5.16. The molecular weight excluding hydrogens is 172 g/mol. The van der Waals surface area contributed by atoms with Gasteiger partial charge in [-0.05, 0) is 17.7 Å². The molecule has 0 aliphatic carbocycles. The lowest BCUT2D eigenvalue weighted by Gasteiger charge is -2.26. The van der Waals surface area contributed by atoms with Gasteiger partial charge in [-0.1, -0.05) is 27.7 Å². The first-order chi connectivity index (χ1) is 6.52. The van der Waals surface area contributed by atoms with E-state index in [1.165, 1.54) is 5.56 Å². The van der Waals surface area contributed by atoms with Crippen LogP contribution < -0.4 is 5.32 Å². The summed E-state index contributed by atoms with van der Waals surface area (Å²) in [7, 11) is 0. The van der Waals surface area contributed by atoms with Crippen molar-refractivity contribution < 1.29 is 0 Å². The fourth-order valence-corrected chi connectivity index (χ4v) is 1.36. The minimum atomic E-state index is 0.174. The molecule has 14 heavy (non-hydrogen) atoms. The Hall–Kier alpha value is -0.890. The molecule has 0 unspecified atom stereocenters. The number of nitrogens with one attached hydrogen (secondary N) is 1. The van der Waals surface area contributed by atoms with Crippen LogP contribution in [0, 0.1) is 0 Å². The molecule has 78 valence electrons. The van der Waals surface area contributed by atoms with Gasteiger partial charge < -0.3 is 5.32 Å². The van der Waals surface area contributed by atoms with Crippen LogP contribution in [0.2, 0.25) is 0 Å². The Labute approximate surface area is 86.8 Å². The van der Waals surface area contributed by atoms with Gasteiger partial charge in [-0.25, -0.2) is 0 Å². The molecule has 0 saturated heterocycles. The van der Waals surface area contributed by atoms with E-state index in [-0.39, 0.29) is 5.41 Å². The Morgan fingerprint density at radius 2 is 1.86 bits per heavy atom. The largest absolute Gasteiger partial charge is 0.314 e. The lowest BCUT2D eigenvalue weighted by Crippen LogP contribution is -2.36. The van der Waals surface area contributed by atoms with Gasteiger partial charge in [-0.3, -0.25) is 4.98 Å². The molecule has 1 aromatic rings. The quantitative estimate of drug-likeness (QED) is 0.792. The predicted molar refractivity (Wildman–Crippen MR) is 60.4 cm³/mol. The van der Waals surface area contributed by atoms with Gasteiger partial charge in [-0.2, -0.15) is 0 Å². The number of pyridine rings is 1. The molecule has 0 amide bonds. The van der Waals surface area contributed by atoms with Gasteiger partial charge in [0.05, 0.1) is 0 Å². The number of hydrogen-bond donors (Lipinski definition) is 1. The van der Waals surface area contributed by atoms with E-state index in [2.05, 4.69) is 50.1 Å². The van der Waals surface area contributed by atoms with Crippen molar-refractivity contribution in [3.8, 4) is 0 Å². The third-order valence-electron chi connectivity index (χ3n) is 2.41. The average Bonchev–Trinajstić information content (AvgIpc) is 2.16. The van der Waals surface area contributed by atoms with Crippen molar-refractivity contribution >= 4 is 0 Å². The van der Waals surface area contributed by atoms with Crippen molar-refractivity contribution in [2.24, 2.45) is 0 Å². The molecule has 2 heteroatoms. The number of rotatable bonds is 4. The minimum absolute atomic E-state index is 0.174. The Kier molecular flexibility index (Phi) is 3.64. The molecule has 1 N–H and O–H groups in total. The predicted octanol–water partition coefficient (Wildman–Crippen LogP) is 2.36. The smallest absolute Gasteiger partial charge is 0.0270 e. The molecule has 0 spiro atoms. The topological polar surface area (TPSA) is 24.9 Å². The molecule has 0 fully saturated rings. The maximum absolute atomic E-state index is 4.03. The molecule has 1 rings (SSSR count). The van der Waals surface area contributed by atoms with Gasteiger partial charge in [-0.15, -0.1) is 0 Å². The lowest BCUT2D eigenvalue weighted by atomic mass is 9.85. The second-order valence-corrected chi connectivity index (χ2v) is 4.66. The highest BCUT2D eigenvalue weighted by atomic mass is 14.9. The standard InChI is InChI=1S/C12H20N2/c1-10(2)14-9-12(3,4)11-5-7-13-8-6-11/h5-8,10,14H,9H2,1-4H3. The maximum atomic E-state index is 4.03. The summed E-state index contributed by atoms with van der Waals surface area (Å²) < 4.78 is 0. The molecule has 0 bridgehead atoms. The van der Waals surface area contributed by atoms with Gasteiger partial charge in [0.1, 0.15) is 0 Å². The van der Waals surface area contributed by atoms with Crippen LogP contribution in [0.5, 0.6) is 0 Å². The second kappa shape index (κ2) is 4.56. The summed E-state index contributed by atoms with van der Waals surface area (Å²) in [6.45, 7) is 9.83. The molecule has 1 aromatic heterocycles. The van der Waals surface area contributed by atoms with E-state index in [0.29, 0.717) is 6.04 Å². The van der Waals surface area contributed by atoms with E-state index in [4.69, 9.17) is 0 Å². The third-order valence-corrected chi connectivity index (χ3v) is 2.41. The lowest BCUT2D eigenvalue weighted by molar-refractivity contribution is 0.441. The molecule has 1 heterocycles. The van der Waals surface area contributed by atoms with Crippen LogP contribution in [-0.4, -0.2) is 17.6 Å². The zero-order chi connectivity index (χ0) is 10.6. The summed E-state index contributed by atoms with van der Waals surface area (Å²) in [5, 5.41) is 3.46. The van der Waals surface area contributed by atoms with Crippen LogP contribution in [0.15, 0.2) is 24.5 Å². The summed E-state index contributed by atoms with van der Waals surface area (Å²) in [4.78, 5) is 4.03. The van der Waals surface area contributed by atoms with Crippen LogP contribution in [0.25, 0.3) is 0 Å². The monoisotopic (exact) mass is 192 g/mol. The van der Waals surface area contributed by atoms with E-state index in [1.54, 1.807) is 0 Å². The SMILES string of the molecule is CC(C)NCC(C)(C)c1ccncc1. The van der Waals surface area contributed by atoms with Crippen LogP contribution >= 0.6 is 0 Å². The summed E-state index contributed by atoms with van der Waals surface area (Å²) in [6, 6.07) is 4.71. The number of nitrogens with zero attached hydrogens (tertiary/aromatic N) is 1. The second-order valence-electron chi connectivity index (χ2n) is 4.66. The Bertz CT molecular complexity index is 265. The van der Waals surface area contributed by atoms with Crippen molar-refractivity contribution in [1.29, 1.82) is 0 Å². The number of aromatic nitrogens is 1. The van der Waals surface area contributed by atoms with Crippen LogP contribution in [0.3, 0.4) is 0 Å². The van der Waals surface area contributed by atoms with Gasteiger partial charge >= 0.3 is 0 Å². The van der Waals surface area contributed by atoms with E-state index >= 15 is 0 Å². The molecule has 0 radical (unpaired) electrons. The normalized spacial score (nSPS) is 12.1. The van der Waals surface area contributed by atoms with E-state index in [1.807, 2.05) is 12.4 Å². The first kappa shape index (κ1) is 11.2. The highest BCUT2D eigenvalue weighted by Gasteiger charge is 2.19. The molecule has 0 atom stereocenters. The highest BCUT2D eigenvalue weighted by Crippen LogP contribution is 2.21. The van der Waals surface area contributed by atoms with Crippen molar-refractivity contribution in [1.82, 2.24) is 10.3 Å². The Morgan fingerprint density at radius 1 is 1.29 bits per heavy atom. The van der Waals surface area contributed by atoms with Crippen molar-refractivity contribution in [2.75, 3.05) is 6.54 Å². The van der Waals surface area contributed by atoms with E-state index in [9.17, 15) is 0 Å². The summed E-state index contributed by atoms with van der Waals surface area (Å²) >= 11 is 0. The zero-order valence-electron chi connectivity index (χ0n) is 9.54. The van der Waals surface area contributed by atoms with Crippen LogP contribution in [0.1, 0.15) is 33.3 Å². The van der Waals surface area contributed by atoms with Crippen LogP contribution in [-0.2, 0) is 5.41 Å². The minimum Gasteiger partial charge on any atom is -0.314 e. The third kappa shape index (κ3) is 3.11. The average molecular weight is 192 g/mol. The molecule has 0 aromatic carbocycles. The van der Waals surface area contributed by atoms with Crippen molar-refractivity contribution in [3.63, 3.8) is 0 Å². The van der Waals surface area contributed by atoms with E-state index in [0.717, 1.165) is 6.54 Å². The summed E-state index contributed by atoms with van der Waals surface area (Å²) in [5.74, 6) is 0. The van der Waals surface area contributed by atoms with Gasteiger partial charge in [0.25, 0.3) is 0 Å². The molecule has 0 saturated carbocycles. The fourth-order valence-electron chi connectivity index (χ4n) is 1.36. The van der Waals surface area contributed by atoms with Crippen LogP contribution in [0.4, 0.5) is 0 Å². The fraction of sp³-hybridized carbons (Fsp3) is 0.583. The van der Waals surface area contributed by atoms with Crippen molar-refractivity contribution in [2.45, 2.75) is 39.2 Å². The zero-order valence-corrected chi connectivity index (χ0v) is 9.54. The summed E-state index contributed by atoms with van der Waals surface area (Å²) in [5.41, 5.74) is 1.51. The molecule has 2 nitrogen and oxygen atoms in total. The Balaban J connectivity index is 2.66. The van der Waals surface area contributed by atoms with Gasteiger partial charge in [0.2, 0.25) is 0 Å². The maximum Gasteiger partial charge on any atom is 0.0270 e. The molecule has 0 aliphatic rings. The number of hydrogen-bond acceptors (Lipinski definition) is 2. The molecule has 0 aliphatic heterocycles. The molecular formula is C12H20N2. The first-order valence-electron chi connectivity index (χ1n) is 5.16. The van der Waals surface area contributed by atoms with Crippen molar-refractivity contribution in [3.05, 3.63) is 30.1 Å². The van der Waals surface area contributed by atoms with Gasteiger partial charge in [0.15, 0.2) is 0 Å². The highest BCUT2D eigenvalue weighted by molar-refractivity contribution is 5.20. The Morgan fingerprint density at radius 3 is 2.36 bits per heavy atom. The van der Waals surface area contributed by atoms with E-state index < -0.39 is 0 Å². The van der Waals surface area contributed by atoms with Gasteiger partial charge in [0, 0.05) is 30.4 Å².